The lowest BCUT2D eigenvalue weighted by Crippen LogP contribution is -2.12. The minimum Gasteiger partial charge on any atom is -0.507 e. The first-order chi connectivity index (χ1) is 16.9. The van der Waals surface area contributed by atoms with Crippen LogP contribution in [-0.4, -0.2) is 37.3 Å². The molecule has 0 saturated heterocycles. The molecule has 0 aliphatic heterocycles. The number of hydrogen-bond donors (Lipinski definition) is 1. The highest BCUT2D eigenvalue weighted by Gasteiger charge is 2.15. The summed E-state index contributed by atoms with van der Waals surface area (Å²) in [4.78, 5) is 4.66. The first kappa shape index (κ1) is 24.0. The van der Waals surface area contributed by atoms with Gasteiger partial charge in [-0.2, -0.15) is 5.10 Å². The molecule has 1 N–H and O–H groups in total. The number of aromatic hydroxyl groups is 1. The molecular weight excluding hydrogens is 476 g/mol. The monoisotopic (exact) mass is 497 g/mol. The summed E-state index contributed by atoms with van der Waals surface area (Å²) in [5, 5.41) is 16.6. The number of aromatic nitrogens is 1. The van der Waals surface area contributed by atoms with Gasteiger partial charge in [0.1, 0.15) is 34.5 Å². The van der Waals surface area contributed by atoms with Crippen LogP contribution >= 0.6 is 11.3 Å². The molecule has 0 spiro atoms. The molecule has 0 radical (unpaired) electrons. The Balaban J connectivity index is 1.93. The molecule has 1 aromatic heterocycles. The predicted octanol–water partition coefficient (Wildman–Crippen LogP) is 5.34. The normalized spacial score (nSPS) is 11.7. The van der Waals surface area contributed by atoms with Crippen molar-refractivity contribution >= 4 is 23.2 Å². The average Bonchev–Trinajstić information content (AvgIpc) is 3.26. The van der Waals surface area contributed by atoms with Gasteiger partial charge in [0.25, 0.3) is 0 Å². The maximum atomic E-state index is 14.3. The molecule has 0 amide bonds. The number of methoxy groups -OCH3 is 3. The topological polar surface area (TPSA) is 77.6 Å². The highest BCUT2D eigenvalue weighted by atomic mass is 32.1. The highest BCUT2D eigenvalue weighted by molar-refractivity contribution is 7.07. The van der Waals surface area contributed by atoms with Crippen LogP contribution < -0.4 is 19.0 Å². The molecule has 0 unspecified atom stereocenters. The van der Waals surface area contributed by atoms with Crippen LogP contribution in [0, 0.1) is 11.6 Å². The van der Waals surface area contributed by atoms with E-state index in [1.165, 1.54) is 41.5 Å². The summed E-state index contributed by atoms with van der Waals surface area (Å²) < 4.78 is 45.3. The summed E-state index contributed by atoms with van der Waals surface area (Å²) in [5.41, 5.74) is 1.57. The second kappa shape index (κ2) is 10.4. The Morgan fingerprint density at radius 1 is 0.914 bits per heavy atom. The number of thiazole rings is 1. The van der Waals surface area contributed by atoms with E-state index in [1.54, 1.807) is 49.9 Å². The lowest BCUT2D eigenvalue weighted by molar-refractivity contribution is 0.404. The molecule has 0 bridgehead atoms. The average molecular weight is 498 g/mol. The van der Waals surface area contributed by atoms with Crippen LogP contribution in [0.3, 0.4) is 0 Å². The number of phenolic OH excluding ortho intramolecular Hbond substituents is 1. The van der Waals surface area contributed by atoms with Gasteiger partial charge in [-0.15, -0.1) is 11.3 Å². The van der Waals surface area contributed by atoms with Crippen molar-refractivity contribution in [1.82, 2.24) is 4.68 Å². The molecule has 4 rings (SSSR count). The molecular formula is C25H21F2N3O4S. The van der Waals surface area contributed by atoms with E-state index in [0.29, 0.717) is 38.9 Å². The third kappa shape index (κ3) is 5.17. The van der Waals surface area contributed by atoms with Crippen LogP contribution in [0.15, 0.2) is 70.1 Å². The van der Waals surface area contributed by atoms with Gasteiger partial charge in [0.05, 0.1) is 33.2 Å². The Kier molecular flexibility index (Phi) is 7.11. The van der Waals surface area contributed by atoms with E-state index < -0.39 is 11.6 Å². The SMILES string of the molecule is COc1ccc(O)c(C=Nn2c(-c3cc(OC)ccc3OC)csc2=Nc2ccc(F)cc2F)c1. The molecule has 7 nitrogen and oxygen atoms in total. The highest BCUT2D eigenvalue weighted by Crippen LogP contribution is 2.34. The van der Waals surface area contributed by atoms with Crippen LogP contribution in [-0.2, 0) is 0 Å². The van der Waals surface area contributed by atoms with E-state index in [-0.39, 0.29) is 11.4 Å². The van der Waals surface area contributed by atoms with Gasteiger partial charge in [-0.1, -0.05) is 0 Å². The minimum absolute atomic E-state index is 0.00559. The molecule has 0 fully saturated rings. The Morgan fingerprint density at radius 2 is 1.66 bits per heavy atom. The van der Waals surface area contributed by atoms with Crippen molar-refractivity contribution in [2.75, 3.05) is 21.3 Å². The van der Waals surface area contributed by atoms with Crippen molar-refractivity contribution in [1.29, 1.82) is 0 Å². The van der Waals surface area contributed by atoms with Gasteiger partial charge in [-0.3, -0.25) is 0 Å². The van der Waals surface area contributed by atoms with Crippen molar-refractivity contribution in [2.24, 2.45) is 10.1 Å². The van der Waals surface area contributed by atoms with Crippen molar-refractivity contribution in [3.05, 3.63) is 82.0 Å². The van der Waals surface area contributed by atoms with Gasteiger partial charge < -0.3 is 19.3 Å². The van der Waals surface area contributed by atoms with E-state index in [1.807, 2.05) is 0 Å². The summed E-state index contributed by atoms with van der Waals surface area (Å²) >= 11 is 1.20. The number of hydrogen-bond acceptors (Lipinski definition) is 7. The molecule has 10 heteroatoms. The van der Waals surface area contributed by atoms with E-state index >= 15 is 0 Å². The zero-order chi connectivity index (χ0) is 24.9. The van der Waals surface area contributed by atoms with Crippen molar-refractivity contribution < 1.29 is 28.1 Å². The zero-order valence-corrected chi connectivity index (χ0v) is 19.8. The maximum Gasteiger partial charge on any atom is 0.211 e. The third-order valence-electron chi connectivity index (χ3n) is 5.04. The lowest BCUT2D eigenvalue weighted by atomic mass is 10.1. The van der Waals surface area contributed by atoms with Gasteiger partial charge in [-0.05, 0) is 48.5 Å². The fourth-order valence-corrected chi connectivity index (χ4v) is 4.09. The first-order valence-corrected chi connectivity index (χ1v) is 11.2. The van der Waals surface area contributed by atoms with Crippen molar-refractivity contribution in [3.63, 3.8) is 0 Å². The number of nitrogens with zero attached hydrogens (tertiary/aromatic N) is 3. The molecule has 0 saturated carbocycles. The Labute approximate surface area is 203 Å². The number of phenols is 1. The minimum atomic E-state index is -0.806. The summed E-state index contributed by atoms with van der Waals surface area (Å²) in [5.74, 6) is 0.169. The molecule has 180 valence electrons. The Morgan fingerprint density at radius 3 is 2.37 bits per heavy atom. The predicted molar refractivity (Wildman–Crippen MR) is 130 cm³/mol. The van der Waals surface area contributed by atoms with Gasteiger partial charge in [0.2, 0.25) is 4.80 Å². The zero-order valence-electron chi connectivity index (χ0n) is 19.0. The van der Waals surface area contributed by atoms with E-state index in [2.05, 4.69) is 10.1 Å². The molecule has 0 aliphatic carbocycles. The second-order valence-electron chi connectivity index (χ2n) is 7.16. The number of benzene rings is 3. The Hall–Kier alpha value is -4.18. The standard InChI is InChI=1S/C25H21F2N3O4S/c1-32-17-5-8-23(31)15(10-17)13-28-30-22(19-12-18(33-2)6-9-24(19)34-3)14-35-25(30)29-21-7-4-16(26)11-20(21)27/h4-14,31H,1-3H3. The Bertz CT molecular complexity index is 1460. The quantitative estimate of drug-likeness (QED) is 0.350. The summed E-state index contributed by atoms with van der Waals surface area (Å²) in [6, 6.07) is 13.2. The molecule has 4 aromatic rings. The van der Waals surface area contributed by atoms with E-state index in [9.17, 15) is 13.9 Å². The first-order valence-electron chi connectivity index (χ1n) is 10.3. The van der Waals surface area contributed by atoms with E-state index in [4.69, 9.17) is 14.2 Å². The lowest BCUT2D eigenvalue weighted by Gasteiger charge is -2.11. The van der Waals surface area contributed by atoms with Crippen LogP contribution in [0.2, 0.25) is 0 Å². The van der Waals surface area contributed by atoms with Gasteiger partial charge in [0.15, 0.2) is 5.82 Å². The largest absolute Gasteiger partial charge is 0.507 e. The fourth-order valence-electron chi connectivity index (χ4n) is 3.25. The van der Waals surface area contributed by atoms with Gasteiger partial charge in [-0.25, -0.2) is 18.4 Å². The van der Waals surface area contributed by atoms with Crippen LogP contribution in [0.25, 0.3) is 11.3 Å². The van der Waals surface area contributed by atoms with Crippen molar-refractivity contribution in [3.8, 4) is 34.3 Å². The maximum absolute atomic E-state index is 14.3. The number of ether oxygens (including phenoxy) is 3. The molecule has 0 aliphatic rings. The van der Waals surface area contributed by atoms with Crippen molar-refractivity contribution in [2.45, 2.75) is 0 Å². The summed E-state index contributed by atoms with van der Waals surface area (Å²) in [6.45, 7) is 0. The van der Waals surface area contributed by atoms with Crippen LogP contribution in [0.1, 0.15) is 5.56 Å². The van der Waals surface area contributed by atoms with Gasteiger partial charge in [0, 0.05) is 22.6 Å². The fraction of sp³-hybridized carbons (Fsp3) is 0.120. The summed E-state index contributed by atoms with van der Waals surface area (Å²) in [6.07, 6.45) is 1.43. The molecule has 35 heavy (non-hydrogen) atoms. The molecule has 0 atom stereocenters. The third-order valence-corrected chi connectivity index (χ3v) is 5.86. The van der Waals surface area contributed by atoms with E-state index in [0.717, 1.165) is 12.1 Å². The number of halogens is 2. The summed E-state index contributed by atoms with van der Waals surface area (Å²) in [7, 11) is 4.61. The number of rotatable bonds is 7. The van der Waals surface area contributed by atoms with Crippen LogP contribution in [0.5, 0.6) is 23.0 Å². The van der Waals surface area contributed by atoms with Crippen LogP contribution in [0.4, 0.5) is 14.5 Å². The molecule has 3 aromatic carbocycles. The molecule has 1 heterocycles. The second-order valence-corrected chi connectivity index (χ2v) is 7.99. The smallest absolute Gasteiger partial charge is 0.211 e. The van der Waals surface area contributed by atoms with Gasteiger partial charge >= 0.3 is 0 Å².